The van der Waals surface area contributed by atoms with Crippen LogP contribution in [0.1, 0.15) is 104 Å². The van der Waals surface area contributed by atoms with E-state index in [4.69, 9.17) is 10.7 Å². The summed E-state index contributed by atoms with van der Waals surface area (Å²) in [7, 11) is 2.00. The van der Waals surface area contributed by atoms with E-state index in [1.165, 1.54) is 29.7 Å². The summed E-state index contributed by atoms with van der Waals surface area (Å²) >= 11 is 0. The van der Waals surface area contributed by atoms with Crippen LogP contribution in [0.25, 0.3) is 0 Å². The molecule has 1 aromatic carbocycles. The van der Waals surface area contributed by atoms with E-state index in [-0.39, 0.29) is 34.5 Å². The minimum atomic E-state index is -0.632. The van der Waals surface area contributed by atoms with Crippen molar-refractivity contribution in [3.63, 3.8) is 0 Å². The maximum Gasteiger partial charge on any atom is 0.271 e. The Balaban J connectivity index is 1.05. The highest BCUT2D eigenvalue weighted by Gasteiger charge is 2.38. The molecule has 250 valence electrons. The highest BCUT2D eigenvalue weighted by atomic mass is 16.2. The SMILES string of the molecule is C[C@@H]1[C@H](NC(=O)c2cc3c(n2C)CC(C)(C)C3)CCCN1c1cnc(C(N)=O)c(Nc2ccc(C3(C)CCN(C4CC4)CC3)cc2)n1. The fraction of sp³-hybridized carbons (Fsp3) is 0.568. The Bertz CT molecular complexity index is 1670. The zero-order chi connectivity index (χ0) is 33.1. The molecule has 7 rings (SSSR count). The van der Waals surface area contributed by atoms with Gasteiger partial charge in [0.25, 0.3) is 11.8 Å². The first kappa shape index (κ1) is 31.7. The molecule has 2 saturated heterocycles. The zero-order valence-electron chi connectivity index (χ0n) is 28.6. The van der Waals surface area contributed by atoms with Crippen LogP contribution in [-0.2, 0) is 25.3 Å². The zero-order valence-corrected chi connectivity index (χ0v) is 28.6. The number of likely N-dealkylation sites (tertiary alicyclic amines) is 1. The third kappa shape index (κ3) is 6.24. The number of fused-ring (bicyclic) bond motifs is 1. The molecule has 2 aliphatic carbocycles. The summed E-state index contributed by atoms with van der Waals surface area (Å²) in [5, 5.41) is 6.66. The predicted octanol–water partition coefficient (Wildman–Crippen LogP) is 5.09. The molecule has 47 heavy (non-hydrogen) atoms. The molecular weight excluding hydrogens is 588 g/mol. The van der Waals surface area contributed by atoms with Gasteiger partial charge in [0.15, 0.2) is 11.5 Å². The summed E-state index contributed by atoms with van der Waals surface area (Å²) in [5.41, 5.74) is 11.7. The molecule has 0 radical (unpaired) electrons. The predicted molar refractivity (Wildman–Crippen MR) is 185 cm³/mol. The lowest BCUT2D eigenvalue weighted by molar-refractivity contribution is 0.0914. The fourth-order valence-electron chi connectivity index (χ4n) is 8.23. The van der Waals surface area contributed by atoms with Gasteiger partial charge in [0, 0.05) is 43.1 Å². The van der Waals surface area contributed by atoms with Gasteiger partial charge in [-0.3, -0.25) is 9.59 Å². The Morgan fingerprint density at radius 2 is 1.72 bits per heavy atom. The molecular formula is C37H50N8O2. The van der Waals surface area contributed by atoms with Gasteiger partial charge < -0.3 is 30.7 Å². The third-order valence-corrected chi connectivity index (χ3v) is 11.4. The number of nitrogens with one attached hydrogen (secondary N) is 2. The largest absolute Gasteiger partial charge is 0.364 e. The number of hydrogen-bond donors (Lipinski definition) is 3. The van der Waals surface area contributed by atoms with Gasteiger partial charge in [-0.25, -0.2) is 9.97 Å². The molecule has 4 heterocycles. The summed E-state index contributed by atoms with van der Waals surface area (Å²) < 4.78 is 2.07. The second kappa shape index (κ2) is 12.0. The van der Waals surface area contributed by atoms with E-state index < -0.39 is 5.91 Å². The molecule has 2 amide bonds. The number of carbonyl (C=O) groups is 2. The van der Waals surface area contributed by atoms with Gasteiger partial charge in [-0.05, 0) is 112 Å². The van der Waals surface area contributed by atoms with Gasteiger partial charge >= 0.3 is 0 Å². The van der Waals surface area contributed by atoms with Crippen molar-refractivity contribution in [2.24, 2.45) is 18.2 Å². The van der Waals surface area contributed by atoms with E-state index in [0.29, 0.717) is 11.6 Å². The van der Waals surface area contributed by atoms with Gasteiger partial charge in [0.05, 0.1) is 6.20 Å². The molecule has 1 saturated carbocycles. The van der Waals surface area contributed by atoms with Gasteiger partial charge in [0.2, 0.25) is 0 Å². The van der Waals surface area contributed by atoms with E-state index in [9.17, 15) is 9.59 Å². The molecule has 2 aromatic heterocycles. The molecule has 10 heteroatoms. The number of anilines is 3. The van der Waals surface area contributed by atoms with Crippen LogP contribution in [0.5, 0.6) is 0 Å². The summed E-state index contributed by atoms with van der Waals surface area (Å²) in [6.07, 6.45) is 10.4. The Hall–Kier alpha value is -3.92. The lowest BCUT2D eigenvalue weighted by atomic mass is 9.74. The van der Waals surface area contributed by atoms with Crippen molar-refractivity contribution in [3.8, 4) is 0 Å². The highest BCUT2D eigenvalue weighted by Crippen LogP contribution is 2.40. The molecule has 4 N–H and O–H groups in total. The minimum Gasteiger partial charge on any atom is -0.364 e. The molecule has 4 aliphatic rings. The van der Waals surface area contributed by atoms with E-state index in [2.05, 4.69) is 88.0 Å². The van der Waals surface area contributed by atoms with Crippen LogP contribution in [-0.4, -0.2) is 69.0 Å². The summed E-state index contributed by atoms with van der Waals surface area (Å²) in [6, 6.07) is 11.3. The molecule has 0 spiro atoms. The van der Waals surface area contributed by atoms with E-state index >= 15 is 0 Å². The van der Waals surface area contributed by atoms with Crippen LogP contribution in [0, 0.1) is 5.41 Å². The maximum atomic E-state index is 13.5. The van der Waals surface area contributed by atoms with E-state index in [1.807, 2.05) is 7.05 Å². The van der Waals surface area contributed by atoms with Crippen LogP contribution in [0.3, 0.4) is 0 Å². The van der Waals surface area contributed by atoms with Crippen LogP contribution in [0.15, 0.2) is 36.5 Å². The fourth-order valence-corrected chi connectivity index (χ4v) is 8.23. The number of amides is 2. The number of nitrogens with zero attached hydrogens (tertiary/aromatic N) is 5. The van der Waals surface area contributed by atoms with Crippen LogP contribution < -0.4 is 21.3 Å². The van der Waals surface area contributed by atoms with Gasteiger partial charge in [-0.2, -0.15) is 0 Å². The summed E-state index contributed by atoms with van der Waals surface area (Å²) in [5.74, 6) is 0.316. The lowest BCUT2D eigenvalue weighted by Crippen LogP contribution is -2.54. The number of nitrogens with two attached hydrogens (primary N) is 1. The average molecular weight is 639 g/mol. The average Bonchev–Trinajstić information content (AvgIpc) is 3.78. The number of aromatic nitrogens is 3. The van der Waals surface area contributed by atoms with Crippen LogP contribution in [0.2, 0.25) is 0 Å². The van der Waals surface area contributed by atoms with Crippen molar-refractivity contribution in [3.05, 3.63) is 64.7 Å². The lowest BCUT2D eigenvalue weighted by Gasteiger charge is -2.40. The molecule has 2 atom stereocenters. The molecule has 3 fully saturated rings. The van der Waals surface area contributed by atoms with E-state index in [0.717, 1.165) is 75.6 Å². The van der Waals surface area contributed by atoms with Crippen molar-refractivity contribution < 1.29 is 9.59 Å². The first-order valence-corrected chi connectivity index (χ1v) is 17.4. The number of rotatable bonds is 8. The van der Waals surface area contributed by atoms with Crippen molar-refractivity contribution in [1.29, 1.82) is 0 Å². The normalized spacial score (nSPS) is 23.7. The van der Waals surface area contributed by atoms with Crippen molar-refractivity contribution in [2.75, 3.05) is 29.9 Å². The Morgan fingerprint density at radius 1 is 1.00 bits per heavy atom. The maximum absolute atomic E-state index is 13.5. The standard InChI is InChI=1S/C37H50N8O2/c1-23-28(41-35(47)29-19-24-20-36(2,3)21-30(24)43(29)5)7-6-16-45(23)31-22-39-32(33(38)46)34(42-31)40-26-10-8-25(9-11-26)37(4)14-17-44(18-15-37)27-12-13-27/h8-11,19,22-23,27-28H,6-7,12-18,20-21H2,1-5H3,(H2,38,46)(H,40,42)(H,41,47)/t23-,28-/m1/s1. The quantitative estimate of drug-likeness (QED) is 0.315. The van der Waals surface area contributed by atoms with Crippen LogP contribution in [0.4, 0.5) is 17.3 Å². The third-order valence-electron chi connectivity index (χ3n) is 11.4. The molecule has 0 unspecified atom stereocenters. The number of piperidine rings is 2. The molecule has 2 aliphatic heterocycles. The minimum absolute atomic E-state index is 0.0216. The summed E-state index contributed by atoms with van der Waals surface area (Å²) in [4.78, 5) is 40.1. The van der Waals surface area contributed by atoms with Crippen molar-refractivity contribution in [1.82, 2.24) is 24.8 Å². The first-order valence-electron chi connectivity index (χ1n) is 17.4. The number of hydrogen-bond acceptors (Lipinski definition) is 7. The monoisotopic (exact) mass is 638 g/mol. The Labute approximate surface area is 278 Å². The van der Waals surface area contributed by atoms with Crippen LogP contribution >= 0.6 is 0 Å². The van der Waals surface area contributed by atoms with Gasteiger partial charge in [-0.1, -0.05) is 32.9 Å². The van der Waals surface area contributed by atoms with Crippen molar-refractivity contribution in [2.45, 2.75) is 103 Å². The molecule has 3 aromatic rings. The Kier molecular flexibility index (Phi) is 8.05. The van der Waals surface area contributed by atoms with Gasteiger partial charge in [-0.15, -0.1) is 0 Å². The number of benzene rings is 1. The first-order chi connectivity index (χ1) is 22.4. The second-order valence-electron chi connectivity index (χ2n) is 15.6. The topological polar surface area (TPSA) is 121 Å². The molecule has 10 nitrogen and oxygen atoms in total. The number of carbonyl (C=O) groups excluding carboxylic acids is 2. The van der Waals surface area contributed by atoms with Crippen molar-refractivity contribution >= 4 is 29.1 Å². The summed E-state index contributed by atoms with van der Waals surface area (Å²) in [6.45, 7) is 12.2. The molecule has 0 bridgehead atoms. The Morgan fingerprint density at radius 3 is 2.38 bits per heavy atom. The van der Waals surface area contributed by atoms with E-state index in [1.54, 1.807) is 6.20 Å². The smallest absolute Gasteiger partial charge is 0.271 e. The second-order valence-corrected chi connectivity index (χ2v) is 15.6. The van der Waals surface area contributed by atoms with Gasteiger partial charge in [0.1, 0.15) is 11.5 Å². The highest BCUT2D eigenvalue weighted by molar-refractivity contribution is 5.96. The number of primary amides is 1.